The lowest BCUT2D eigenvalue weighted by atomic mass is 10.0. The highest BCUT2D eigenvalue weighted by Gasteiger charge is 2.25. The molecular weight excluding hydrogens is 335 g/mol. The molecule has 0 spiro atoms. The number of hydrogen-bond donors (Lipinski definition) is 1. The summed E-state index contributed by atoms with van der Waals surface area (Å²) in [4.78, 5) is 26.5. The van der Waals surface area contributed by atoms with Crippen LogP contribution in [0.15, 0.2) is 48.5 Å². The number of nitrogens with zero attached hydrogens (tertiary/aromatic N) is 1. The quantitative estimate of drug-likeness (QED) is 0.916. The van der Waals surface area contributed by atoms with Crippen LogP contribution in [0.2, 0.25) is 0 Å². The van der Waals surface area contributed by atoms with Crippen molar-refractivity contribution in [2.24, 2.45) is 0 Å². The second-order valence-corrected chi connectivity index (χ2v) is 6.28. The van der Waals surface area contributed by atoms with Crippen LogP contribution in [0.4, 0.5) is 4.39 Å². The summed E-state index contributed by atoms with van der Waals surface area (Å²) in [5.74, 6) is 0.0210. The Morgan fingerprint density at radius 2 is 1.77 bits per heavy atom. The molecule has 5 nitrogen and oxygen atoms in total. The van der Waals surface area contributed by atoms with Crippen LogP contribution in [0, 0.1) is 5.82 Å². The first-order valence-corrected chi connectivity index (χ1v) is 8.56. The van der Waals surface area contributed by atoms with Crippen LogP contribution < -0.4 is 10.1 Å². The number of ether oxygens (including phenoxy) is 1. The van der Waals surface area contributed by atoms with Crippen LogP contribution in [0.3, 0.4) is 0 Å². The maximum Gasteiger partial charge on any atom is 0.253 e. The Morgan fingerprint density at radius 1 is 1.08 bits per heavy atom. The van der Waals surface area contributed by atoms with Crippen LogP contribution in [-0.4, -0.2) is 43.0 Å². The number of likely N-dealkylation sites (tertiary alicyclic amines) is 1. The lowest BCUT2D eigenvalue weighted by Crippen LogP contribution is -2.46. The number of halogens is 1. The number of amides is 2. The van der Waals surface area contributed by atoms with Crippen molar-refractivity contribution < 1.29 is 18.7 Å². The van der Waals surface area contributed by atoms with Crippen molar-refractivity contribution in [1.29, 1.82) is 0 Å². The van der Waals surface area contributed by atoms with Crippen molar-refractivity contribution >= 4 is 11.8 Å². The molecule has 1 N–H and O–H groups in total. The zero-order chi connectivity index (χ0) is 18.5. The first kappa shape index (κ1) is 17.9. The van der Waals surface area contributed by atoms with Gasteiger partial charge in [-0.2, -0.15) is 0 Å². The third-order valence-electron chi connectivity index (χ3n) is 4.54. The minimum absolute atomic E-state index is 0.0194. The van der Waals surface area contributed by atoms with Crippen molar-refractivity contribution in [3.63, 3.8) is 0 Å². The molecule has 26 heavy (non-hydrogen) atoms. The van der Waals surface area contributed by atoms with Crippen LogP contribution in [-0.2, 0) is 0 Å². The van der Waals surface area contributed by atoms with E-state index in [9.17, 15) is 14.0 Å². The predicted molar refractivity (Wildman–Crippen MR) is 95.8 cm³/mol. The van der Waals surface area contributed by atoms with E-state index < -0.39 is 0 Å². The highest BCUT2D eigenvalue weighted by atomic mass is 19.1. The average molecular weight is 356 g/mol. The van der Waals surface area contributed by atoms with Gasteiger partial charge < -0.3 is 15.0 Å². The van der Waals surface area contributed by atoms with E-state index in [-0.39, 0.29) is 23.7 Å². The molecule has 136 valence electrons. The van der Waals surface area contributed by atoms with Crippen molar-refractivity contribution in [3.8, 4) is 5.75 Å². The molecule has 0 bridgehead atoms. The Kier molecular flexibility index (Phi) is 5.51. The SMILES string of the molecule is COc1cccc(C(=O)NC2CCN(C(=O)c3ccc(F)cc3)CC2)c1. The second kappa shape index (κ2) is 7.99. The number of nitrogens with one attached hydrogen (secondary N) is 1. The van der Waals surface area contributed by atoms with E-state index in [0.717, 1.165) is 0 Å². The van der Waals surface area contributed by atoms with Crippen LogP contribution >= 0.6 is 0 Å². The molecule has 2 aromatic rings. The molecule has 1 aliphatic heterocycles. The third-order valence-corrected chi connectivity index (χ3v) is 4.54. The van der Waals surface area contributed by atoms with Gasteiger partial charge in [0.05, 0.1) is 7.11 Å². The minimum atomic E-state index is -0.361. The molecule has 3 rings (SSSR count). The predicted octanol–water partition coefficient (Wildman–Crippen LogP) is 2.87. The standard InChI is InChI=1S/C20H21FN2O3/c1-26-18-4-2-3-15(13-18)19(24)22-17-9-11-23(12-10-17)20(25)14-5-7-16(21)8-6-14/h2-8,13,17H,9-12H2,1H3,(H,22,24). The fourth-order valence-corrected chi connectivity index (χ4v) is 3.03. The van der Waals surface area contributed by atoms with Gasteiger partial charge in [-0.3, -0.25) is 9.59 Å². The van der Waals surface area contributed by atoms with E-state index in [1.54, 1.807) is 36.3 Å². The van der Waals surface area contributed by atoms with Crippen molar-refractivity contribution in [2.45, 2.75) is 18.9 Å². The van der Waals surface area contributed by atoms with E-state index in [4.69, 9.17) is 4.74 Å². The van der Waals surface area contributed by atoms with E-state index in [0.29, 0.717) is 42.8 Å². The summed E-state index contributed by atoms with van der Waals surface area (Å²) in [6.07, 6.45) is 1.37. The summed E-state index contributed by atoms with van der Waals surface area (Å²) >= 11 is 0. The van der Waals surface area contributed by atoms with Gasteiger partial charge >= 0.3 is 0 Å². The Bertz CT molecular complexity index is 784. The van der Waals surface area contributed by atoms with Crippen molar-refractivity contribution in [1.82, 2.24) is 10.2 Å². The van der Waals surface area contributed by atoms with E-state index in [1.807, 2.05) is 0 Å². The van der Waals surface area contributed by atoms with Gasteiger partial charge in [-0.15, -0.1) is 0 Å². The van der Waals surface area contributed by atoms with Gasteiger partial charge in [-0.05, 0) is 55.3 Å². The zero-order valence-corrected chi connectivity index (χ0v) is 14.6. The summed E-state index contributed by atoms with van der Waals surface area (Å²) in [5.41, 5.74) is 1.03. The van der Waals surface area contributed by atoms with E-state index in [1.165, 1.54) is 24.3 Å². The smallest absolute Gasteiger partial charge is 0.253 e. The van der Waals surface area contributed by atoms with Gasteiger partial charge in [0.25, 0.3) is 11.8 Å². The highest BCUT2D eigenvalue weighted by molar-refractivity contribution is 5.95. The molecule has 0 radical (unpaired) electrons. The maximum atomic E-state index is 13.0. The fourth-order valence-electron chi connectivity index (χ4n) is 3.03. The van der Waals surface area contributed by atoms with Gasteiger partial charge in [0, 0.05) is 30.3 Å². The molecule has 6 heteroatoms. The summed E-state index contributed by atoms with van der Waals surface area (Å²) in [6.45, 7) is 1.11. The van der Waals surface area contributed by atoms with Crippen LogP contribution in [0.5, 0.6) is 5.75 Å². The van der Waals surface area contributed by atoms with Crippen LogP contribution in [0.25, 0.3) is 0 Å². The molecule has 1 heterocycles. The summed E-state index contributed by atoms with van der Waals surface area (Å²) < 4.78 is 18.1. The molecule has 1 saturated heterocycles. The minimum Gasteiger partial charge on any atom is -0.497 e. The van der Waals surface area contributed by atoms with Gasteiger partial charge in [0.2, 0.25) is 0 Å². The first-order chi connectivity index (χ1) is 12.6. The Labute approximate surface area is 151 Å². The molecule has 0 unspecified atom stereocenters. The molecule has 2 aromatic carbocycles. The first-order valence-electron chi connectivity index (χ1n) is 8.56. The van der Waals surface area contributed by atoms with Crippen molar-refractivity contribution in [3.05, 3.63) is 65.5 Å². The lowest BCUT2D eigenvalue weighted by molar-refractivity contribution is 0.0698. The van der Waals surface area contributed by atoms with E-state index in [2.05, 4.69) is 5.32 Å². The molecule has 0 aromatic heterocycles. The molecule has 1 fully saturated rings. The Hall–Kier alpha value is -2.89. The zero-order valence-electron chi connectivity index (χ0n) is 14.6. The fraction of sp³-hybridized carbons (Fsp3) is 0.300. The summed E-state index contributed by atoms with van der Waals surface area (Å²) in [7, 11) is 1.56. The maximum absolute atomic E-state index is 13.0. The number of rotatable bonds is 4. The second-order valence-electron chi connectivity index (χ2n) is 6.28. The molecule has 0 atom stereocenters. The molecular formula is C20H21FN2O3. The Balaban J connectivity index is 1.54. The summed E-state index contributed by atoms with van der Waals surface area (Å²) in [5, 5.41) is 3.01. The largest absolute Gasteiger partial charge is 0.497 e. The topological polar surface area (TPSA) is 58.6 Å². The molecule has 2 amide bonds. The summed E-state index contributed by atoms with van der Waals surface area (Å²) in [6, 6.07) is 12.6. The van der Waals surface area contributed by atoms with Gasteiger partial charge in [-0.25, -0.2) is 4.39 Å². The van der Waals surface area contributed by atoms with Gasteiger partial charge in [0.15, 0.2) is 0 Å². The van der Waals surface area contributed by atoms with Gasteiger partial charge in [-0.1, -0.05) is 6.07 Å². The Morgan fingerprint density at radius 3 is 2.42 bits per heavy atom. The van der Waals surface area contributed by atoms with E-state index >= 15 is 0 Å². The highest BCUT2D eigenvalue weighted by Crippen LogP contribution is 2.16. The number of benzene rings is 2. The average Bonchev–Trinajstić information content (AvgIpc) is 2.68. The number of piperidine rings is 1. The third kappa shape index (κ3) is 4.20. The number of methoxy groups -OCH3 is 1. The molecule has 1 aliphatic rings. The monoisotopic (exact) mass is 356 g/mol. The van der Waals surface area contributed by atoms with Gasteiger partial charge in [0.1, 0.15) is 11.6 Å². The van der Waals surface area contributed by atoms with Crippen LogP contribution in [0.1, 0.15) is 33.6 Å². The number of carbonyl (C=O) groups excluding carboxylic acids is 2. The van der Waals surface area contributed by atoms with Crippen molar-refractivity contribution in [2.75, 3.05) is 20.2 Å². The normalized spacial score (nSPS) is 14.8. The number of hydrogen-bond acceptors (Lipinski definition) is 3. The lowest BCUT2D eigenvalue weighted by Gasteiger charge is -2.32. The molecule has 0 aliphatic carbocycles. The molecule has 0 saturated carbocycles. The number of carbonyl (C=O) groups is 2.